The van der Waals surface area contributed by atoms with Gasteiger partial charge in [-0.25, -0.2) is 0 Å². The summed E-state index contributed by atoms with van der Waals surface area (Å²) in [6.07, 6.45) is 4.90. The highest BCUT2D eigenvalue weighted by atomic mass is 16.5. The number of carbonyl (C=O) groups excluding carboxylic acids is 1. The standard InChI is InChI=1S/C14H21N3O3/c1-10-15-12(20-16-10)11-5-4-8-17(9-11)13(18)14(19)6-2-3-7-14/h11,19H,2-9H2,1H3. The first kappa shape index (κ1) is 13.5. The average molecular weight is 279 g/mol. The first-order chi connectivity index (χ1) is 9.58. The average Bonchev–Trinajstić information content (AvgIpc) is 3.08. The molecule has 1 N–H and O–H groups in total. The van der Waals surface area contributed by atoms with Crippen LogP contribution in [0, 0.1) is 6.92 Å². The van der Waals surface area contributed by atoms with Crippen LogP contribution in [0.2, 0.25) is 0 Å². The Morgan fingerprint density at radius 2 is 2.15 bits per heavy atom. The Kier molecular flexibility index (Phi) is 3.50. The molecule has 3 rings (SSSR count). The van der Waals surface area contributed by atoms with Crippen LogP contribution in [-0.2, 0) is 4.79 Å². The van der Waals surface area contributed by atoms with Gasteiger partial charge in [0.05, 0.1) is 5.92 Å². The van der Waals surface area contributed by atoms with Crippen LogP contribution in [0.25, 0.3) is 0 Å². The molecule has 20 heavy (non-hydrogen) atoms. The lowest BCUT2D eigenvalue weighted by Gasteiger charge is -2.35. The minimum absolute atomic E-state index is 0.0962. The highest BCUT2D eigenvalue weighted by Crippen LogP contribution is 2.34. The number of hydrogen-bond donors (Lipinski definition) is 1. The van der Waals surface area contributed by atoms with Gasteiger partial charge in [0.2, 0.25) is 5.89 Å². The zero-order valence-electron chi connectivity index (χ0n) is 11.8. The maximum atomic E-state index is 12.5. The van der Waals surface area contributed by atoms with E-state index >= 15 is 0 Å². The molecule has 1 aromatic heterocycles. The first-order valence-electron chi connectivity index (χ1n) is 7.40. The van der Waals surface area contributed by atoms with Crippen molar-refractivity contribution in [3.8, 4) is 0 Å². The summed E-state index contributed by atoms with van der Waals surface area (Å²) in [5.74, 6) is 1.21. The van der Waals surface area contributed by atoms with Crippen LogP contribution in [0.5, 0.6) is 0 Å². The molecule has 0 aromatic carbocycles. The fraction of sp³-hybridized carbons (Fsp3) is 0.786. The third-order valence-electron chi connectivity index (χ3n) is 4.43. The second-order valence-corrected chi connectivity index (χ2v) is 6.01. The SMILES string of the molecule is Cc1noc(C2CCCN(C(=O)C3(O)CCCC3)C2)n1. The van der Waals surface area contributed by atoms with Crippen molar-refractivity contribution in [1.29, 1.82) is 0 Å². The van der Waals surface area contributed by atoms with Crippen molar-refractivity contribution in [3.05, 3.63) is 11.7 Å². The van der Waals surface area contributed by atoms with E-state index in [-0.39, 0.29) is 11.8 Å². The smallest absolute Gasteiger partial charge is 0.254 e. The van der Waals surface area contributed by atoms with Gasteiger partial charge in [-0.1, -0.05) is 5.16 Å². The van der Waals surface area contributed by atoms with E-state index in [0.717, 1.165) is 25.7 Å². The largest absolute Gasteiger partial charge is 0.380 e. The van der Waals surface area contributed by atoms with Gasteiger partial charge in [-0.05, 0) is 45.4 Å². The Labute approximate surface area is 118 Å². The molecule has 0 bridgehead atoms. The molecule has 1 aromatic rings. The molecule has 1 amide bonds. The summed E-state index contributed by atoms with van der Waals surface area (Å²) in [5.41, 5.74) is -1.13. The molecule has 1 aliphatic carbocycles. The number of piperidine rings is 1. The number of aliphatic hydroxyl groups is 1. The second-order valence-electron chi connectivity index (χ2n) is 6.01. The number of amides is 1. The summed E-state index contributed by atoms with van der Waals surface area (Å²) in [7, 11) is 0. The molecule has 2 aliphatic rings. The van der Waals surface area contributed by atoms with Gasteiger partial charge in [0, 0.05) is 13.1 Å². The monoisotopic (exact) mass is 279 g/mol. The van der Waals surface area contributed by atoms with Gasteiger partial charge in [-0.15, -0.1) is 0 Å². The summed E-state index contributed by atoms with van der Waals surface area (Å²) in [6.45, 7) is 3.08. The Morgan fingerprint density at radius 1 is 1.40 bits per heavy atom. The minimum atomic E-state index is -1.13. The molecule has 110 valence electrons. The van der Waals surface area contributed by atoms with Gasteiger partial charge in [-0.3, -0.25) is 4.79 Å². The molecule has 0 radical (unpaired) electrons. The summed E-state index contributed by atoms with van der Waals surface area (Å²) < 4.78 is 5.22. The van der Waals surface area contributed by atoms with Gasteiger partial charge in [-0.2, -0.15) is 4.98 Å². The van der Waals surface area contributed by atoms with Gasteiger partial charge >= 0.3 is 0 Å². The van der Waals surface area contributed by atoms with E-state index < -0.39 is 5.60 Å². The number of aromatic nitrogens is 2. The van der Waals surface area contributed by atoms with Gasteiger partial charge in [0.15, 0.2) is 5.82 Å². The van der Waals surface area contributed by atoms with Crippen LogP contribution in [0.4, 0.5) is 0 Å². The predicted octanol–water partition coefficient (Wildman–Crippen LogP) is 1.39. The van der Waals surface area contributed by atoms with Gasteiger partial charge < -0.3 is 14.5 Å². The van der Waals surface area contributed by atoms with Crippen molar-refractivity contribution in [3.63, 3.8) is 0 Å². The molecule has 6 heteroatoms. The molecule has 1 aliphatic heterocycles. The van der Waals surface area contributed by atoms with E-state index in [1.54, 1.807) is 11.8 Å². The number of rotatable bonds is 2. The third-order valence-corrected chi connectivity index (χ3v) is 4.43. The molecule has 1 saturated carbocycles. The Bertz CT molecular complexity index is 494. The Hall–Kier alpha value is -1.43. The molecule has 1 saturated heterocycles. The summed E-state index contributed by atoms with van der Waals surface area (Å²) >= 11 is 0. The Balaban J connectivity index is 1.70. The summed E-state index contributed by atoms with van der Waals surface area (Å²) in [6, 6.07) is 0. The fourth-order valence-electron chi connectivity index (χ4n) is 3.31. The van der Waals surface area contributed by atoms with Crippen LogP contribution in [0.15, 0.2) is 4.52 Å². The maximum absolute atomic E-state index is 12.5. The van der Waals surface area contributed by atoms with Crippen molar-refractivity contribution in [2.75, 3.05) is 13.1 Å². The van der Waals surface area contributed by atoms with Crippen LogP contribution in [0.1, 0.15) is 56.2 Å². The molecule has 1 atom stereocenters. The summed E-state index contributed by atoms with van der Waals surface area (Å²) in [4.78, 5) is 18.6. The topological polar surface area (TPSA) is 79.5 Å². The zero-order chi connectivity index (χ0) is 14.2. The van der Waals surface area contributed by atoms with E-state index in [0.29, 0.717) is 37.6 Å². The fourth-order valence-corrected chi connectivity index (χ4v) is 3.31. The van der Waals surface area contributed by atoms with E-state index in [2.05, 4.69) is 10.1 Å². The van der Waals surface area contributed by atoms with Crippen molar-refractivity contribution in [2.24, 2.45) is 0 Å². The first-order valence-corrected chi connectivity index (χ1v) is 7.40. The lowest BCUT2D eigenvalue weighted by molar-refractivity contribution is -0.152. The molecular formula is C14H21N3O3. The van der Waals surface area contributed by atoms with Crippen molar-refractivity contribution in [2.45, 2.75) is 57.0 Å². The number of likely N-dealkylation sites (tertiary alicyclic amines) is 1. The lowest BCUT2D eigenvalue weighted by atomic mass is 9.94. The van der Waals surface area contributed by atoms with Crippen molar-refractivity contribution < 1.29 is 14.4 Å². The lowest BCUT2D eigenvalue weighted by Crippen LogP contribution is -2.50. The van der Waals surface area contributed by atoms with Crippen LogP contribution in [-0.4, -0.2) is 44.7 Å². The zero-order valence-corrected chi connectivity index (χ0v) is 11.8. The Morgan fingerprint density at radius 3 is 2.80 bits per heavy atom. The normalized spacial score (nSPS) is 25.9. The molecule has 1 unspecified atom stereocenters. The van der Waals surface area contributed by atoms with E-state index in [1.165, 1.54) is 0 Å². The number of nitrogens with zero attached hydrogens (tertiary/aromatic N) is 3. The minimum Gasteiger partial charge on any atom is -0.380 e. The predicted molar refractivity (Wildman–Crippen MR) is 71.0 cm³/mol. The second kappa shape index (κ2) is 5.16. The van der Waals surface area contributed by atoms with E-state index in [9.17, 15) is 9.90 Å². The van der Waals surface area contributed by atoms with Crippen molar-refractivity contribution >= 4 is 5.91 Å². The molecule has 2 heterocycles. The van der Waals surface area contributed by atoms with Crippen LogP contribution in [0.3, 0.4) is 0 Å². The van der Waals surface area contributed by atoms with Crippen LogP contribution >= 0.6 is 0 Å². The van der Waals surface area contributed by atoms with Crippen LogP contribution < -0.4 is 0 Å². The highest BCUT2D eigenvalue weighted by Gasteiger charge is 2.43. The summed E-state index contributed by atoms with van der Waals surface area (Å²) in [5, 5.41) is 14.2. The maximum Gasteiger partial charge on any atom is 0.254 e. The van der Waals surface area contributed by atoms with E-state index in [4.69, 9.17) is 4.52 Å². The third kappa shape index (κ3) is 2.44. The van der Waals surface area contributed by atoms with Gasteiger partial charge in [0.25, 0.3) is 5.91 Å². The number of carbonyl (C=O) groups is 1. The van der Waals surface area contributed by atoms with E-state index in [1.807, 2.05) is 0 Å². The number of aryl methyl sites for hydroxylation is 1. The molecule has 2 fully saturated rings. The quantitative estimate of drug-likeness (QED) is 0.885. The molecular weight excluding hydrogens is 258 g/mol. The molecule has 6 nitrogen and oxygen atoms in total. The van der Waals surface area contributed by atoms with Gasteiger partial charge in [0.1, 0.15) is 5.60 Å². The molecule has 0 spiro atoms. The van der Waals surface area contributed by atoms with Crippen molar-refractivity contribution in [1.82, 2.24) is 15.0 Å². The number of hydrogen-bond acceptors (Lipinski definition) is 5. The highest BCUT2D eigenvalue weighted by molar-refractivity contribution is 5.85.